The van der Waals surface area contributed by atoms with Gasteiger partial charge < -0.3 is 5.21 Å². The van der Waals surface area contributed by atoms with Gasteiger partial charge in [0.25, 0.3) is 0 Å². The highest BCUT2D eigenvalue weighted by Crippen LogP contribution is 2.22. The van der Waals surface area contributed by atoms with Crippen LogP contribution in [0.5, 0.6) is 0 Å². The topological polar surface area (TPSA) is 60.3 Å². The van der Waals surface area contributed by atoms with E-state index in [1.807, 2.05) is 24.3 Å². The van der Waals surface area contributed by atoms with E-state index in [0.717, 1.165) is 11.3 Å². The number of nitrogens with zero attached hydrogens (tertiary/aromatic N) is 4. The van der Waals surface area contributed by atoms with Crippen LogP contribution in [0.3, 0.4) is 0 Å². The molecule has 2 rings (SSSR count). The van der Waals surface area contributed by atoms with Gasteiger partial charge in [-0.05, 0) is 28.1 Å². The van der Waals surface area contributed by atoms with Crippen molar-refractivity contribution >= 4 is 11.9 Å². The lowest BCUT2D eigenvalue weighted by Crippen LogP contribution is -1.89. The third-order valence-electron chi connectivity index (χ3n) is 1.51. The second-order valence-corrected chi connectivity index (χ2v) is 2.30. The van der Waals surface area contributed by atoms with Crippen molar-refractivity contribution in [3.63, 3.8) is 0 Å². The highest BCUT2D eigenvalue weighted by molar-refractivity contribution is 5.79. The van der Waals surface area contributed by atoms with Crippen LogP contribution in [0.4, 0.5) is 5.69 Å². The lowest BCUT2D eigenvalue weighted by Gasteiger charge is -1.95. The largest absolute Gasteiger partial charge is 0.411 e. The summed E-state index contributed by atoms with van der Waals surface area (Å²) in [7, 11) is 0. The summed E-state index contributed by atoms with van der Waals surface area (Å²) < 4.78 is 0. The zero-order valence-corrected chi connectivity index (χ0v) is 6.12. The summed E-state index contributed by atoms with van der Waals surface area (Å²) in [5.41, 5.74) is 1.74. The van der Waals surface area contributed by atoms with Gasteiger partial charge in [-0.3, -0.25) is 0 Å². The molecule has 12 heavy (non-hydrogen) atoms. The van der Waals surface area contributed by atoms with Crippen molar-refractivity contribution in [1.82, 2.24) is 0 Å². The number of hydrogen-bond donors (Lipinski definition) is 1. The van der Waals surface area contributed by atoms with Gasteiger partial charge in [0.15, 0.2) is 0 Å². The quantitative estimate of drug-likeness (QED) is 0.408. The fourth-order valence-corrected chi connectivity index (χ4v) is 0.884. The third-order valence-corrected chi connectivity index (χ3v) is 1.51. The number of benzene rings is 1. The van der Waals surface area contributed by atoms with E-state index in [1.165, 1.54) is 11.3 Å². The van der Waals surface area contributed by atoms with Crippen LogP contribution in [-0.4, -0.2) is 11.4 Å². The first-order valence-electron chi connectivity index (χ1n) is 3.39. The molecule has 0 saturated heterocycles. The summed E-state index contributed by atoms with van der Waals surface area (Å²) in [4.78, 5) is 0. The van der Waals surface area contributed by atoms with E-state index in [1.54, 1.807) is 0 Å². The normalized spacial score (nSPS) is 14.2. The molecule has 5 heteroatoms. The molecule has 1 aromatic rings. The first-order valence-corrected chi connectivity index (χ1v) is 3.39. The summed E-state index contributed by atoms with van der Waals surface area (Å²) >= 11 is 0. The van der Waals surface area contributed by atoms with Crippen LogP contribution in [0.25, 0.3) is 0 Å². The van der Waals surface area contributed by atoms with Crippen molar-refractivity contribution in [1.29, 1.82) is 0 Å². The molecular weight excluding hydrogens is 156 g/mol. The summed E-state index contributed by atoms with van der Waals surface area (Å²) in [5, 5.41) is 19.9. The van der Waals surface area contributed by atoms with E-state index >= 15 is 0 Å². The lowest BCUT2D eigenvalue weighted by atomic mass is 10.2. The molecule has 1 heterocycles. The van der Waals surface area contributed by atoms with Crippen molar-refractivity contribution in [2.75, 3.05) is 5.12 Å². The van der Waals surface area contributed by atoms with Crippen LogP contribution < -0.4 is 5.12 Å². The first-order chi connectivity index (χ1) is 5.90. The summed E-state index contributed by atoms with van der Waals surface area (Å²) in [6.07, 6.45) is 1.36. The maximum atomic E-state index is 8.23. The van der Waals surface area contributed by atoms with E-state index in [2.05, 4.69) is 15.6 Å². The predicted molar refractivity (Wildman–Crippen MR) is 43.2 cm³/mol. The van der Waals surface area contributed by atoms with Crippen LogP contribution in [-0.2, 0) is 0 Å². The predicted octanol–water partition coefficient (Wildman–Crippen LogP) is 1.60. The van der Waals surface area contributed by atoms with Crippen LogP contribution >= 0.6 is 0 Å². The number of anilines is 1. The van der Waals surface area contributed by atoms with Crippen LogP contribution in [0, 0.1) is 0 Å². The number of rotatable bonds is 2. The molecular formula is C7H6N4O. The molecule has 0 spiro atoms. The summed E-state index contributed by atoms with van der Waals surface area (Å²) in [6.45, 7) is 0. The Morgan fingerprint density at radius 3 is 2.42 bits per heavy atom. The lowest BCUT2D eigenvalue weighted by molar-refractivity contribution is 0.322. The second-order valence-electron chi connectivity index (χ2n) is 2.30. The van der Waals surface area contributed by atoms with Gasteiger partial charge in [0.2, 0.25) is 0 Å². The Hall–Kier alpha value is -1.91. The molecule has 5 nitrogen and oxygen atoms in total. The van der Waals surface area contributed by atoms with Crippen LogP contribution in [0.15, 0.2) is 39.9 Å². The Balaban J connectivity index is 2.18. The average molecular weight is 162 g/mol. The molecule has 0 unspecified atom stereocenters. The molecule has 0 bridgehead atoms. The Labute approximate surface area is 68.6 Å². The maximum absolute atomic E-state index is 8.23. The van der Waals surface area contributed by atoms with Crippen molar-refractivity contribution < 1.29 is 5.21 Å². The number of oxime groups is 1. The monoisotopic (exact) mass is 162 g/mol. The standard InChI is InChI=1S/C7H6N4O/c12-8-5-6-1-3-7(4-2-6)11-9-10-11/h1-5,12H/b8-5+. The molecule has 0 fully saturated rings. The Kier molecular flexibility index (Phi) is 1.48. The summed E-state index contributed by atoms with van der Waals surface area (Å²) in [5.74, 6) is 0. The molecule has 0 radical (unpaired) electrons. The van der Waals surface area contributed by atoms with E-state index < -0.39 is 0 Å². The fraction of sp³-hybridized carbons (Fsp3) is 0. The van der Waals surface area contributed by atoms with E-state index in [9.17, 15) is 0 Å². The molecule has 0 aliphatic carbocycles. The zero-order chi connectivity index (χ0) is 8.39. The smallest absolute Gasteiger partial charge is 0.0893 e. The fourth-order valence-electron chi connectivity index (χ4n) is 0.884. The zero-order valence-electron chi connectivity index (χ0n) is 6.12. The van der Waals surface area contributed by atoms with Gasteiger partial charge >= 0.3 is 0 Å². The van der Waals surface area contributed by atoms with Gasteiger partial charge in [0, 0.05) is 0 Å². The van der Waals surface area contributed by atoms with Gasteiger partial charge in [-0.2, -0.15) is 0 Å². The minimum atomic E-state index is 0.836. The van der Waals surface area contributed by atoms with Crippen molar-refractivity contribution in [2.24, 2.45) is 15.6 Å². The van der Waals surface area contributed by atoms with E-state index in [-0.39, 0.29) is 0 Å². The highest BCUT2D eigenvalue weighted by atomic mass is 16.4. The molecule has 0 aromatic heterocycles. The molecule has 1 aliphatic rings. The van der Waals surface area contributed by atoms with Crippen molar-refractivity contribution in [2.45, 2.75) is 0 Å². The minimum absolute atomic E-state index is 0.836. The van der Waals surface area contributed by atoms with E-state index in [0.29, 0.717) is 0 Å². The van der Waals surface area contributed by atoms with Gasteiger partial charge in [-0.1, -0.05) is 17.3 Å². The summed E-state index contributed by atoms with van der Waals surface area (Å²) in [6, 6.07) is 7.32. The molecule has 1 aromatic carbocycles. The minimum Gasteiger partial charge on any atom is -0.411 e. The van der Waals surface area contributed by atoms with Gasteiger partial charge in [0.05, 0.1) is 11.9 Å². The average Bonchev–Trinajstić information content (AvgIpc) is 2.89. The van der Waals surface area contributed by atoms with E-state index in [4.69, 9.17) is 5.21 Å². The van der Waals surface area contributed by atoms with Gasteiger partial charge in [-0.25, -0.2) is 0 Å². The Morgan fingerprint density at radius 2 is 1.92 bits per heavy atom. The molecule has 1 N–H and O–H groups in total. The Morgan fingerprint density at radius 1 is 1.25 bits per heavy atom. The van der Waals surface area contributed by atoms with Gasteiger partial charge in [-0.15, -0.1) is 5.12 Å². The number of hydrogen-bond acceptors (Lipinski definition) is 5. The van der Waals surface area contributed by atoms with Crippen LogP contribution in [0.2, 0.25) is 0 Å². The van der Waals surface area contributed by atoms with Gasteiger partial charge in [0.1, 0.15) is 0 Å². The first kappa shape index (κ1) is 6.78. The van der Waals surface area contributed by atoms with Crippen molar-refractivity contribution in [3.8, 4) is 0 Å². The maximum Gasteiger partial charge on any atom is 0.0893 e. The van der Waals surface area contributed by atoms with Crippen molar-refractivity contribution in [3.05, 3.63) is 29.8 Å². The molecule has 0 atom stereocenters. The third kappa shape index (κ3) is 1.24. The molecule has 0 saturated carbocycles. The molecule has 0 amide bonds. The molecule has 1 aliphatic heterocycles. The highest BCUT2D eigenvalue weighted by Gasteiger charge is 2.12. The molecule has 60 valence electrons. The SMILES string of the molecule is O/N=C/c1ccc(N2N=N2)cc1. The second kappa shape index (κ2) is 2.61. The van der Waals surface area contributed by atoms with Crippen LogP contribution in [0.1, 0.15) is 5.56 Å². The Bertz CT molecular complexity index is 324.